The summed E-state index contributed by atoms with van der Waals surface area (Å²) in [6, 6.07) is 11.4. The fourth-order valence-corrected chi connectivity index (χ4v) is 2.12. The van der Waals surface area contributed by atoms with E-state index in [1.54, 1.807) is 6.20 Å². The van der Waals surface area contributed by atoms with E-state index in [0.29, 0.717) is 0 Å². The first-order chi connectivity index (χ1) is 7.45. The van der Waals surface area contributed by atoms with Crippen LogP contribution in [-0.2, 0) is 4.74 Å². The molecule has 0 aliphatic carbocycles. The van der Waals surface area contributed by atoms with Crippen molar-refractivity contribution in [3.05, 3.63) is 42.2 Å². The largest absolute Gasteiger partial charge is 0.372 e. The number of hydrogen-bond acceptors (Lipinski definition) is 2. The Bertz CT molecular complexity index is 469. The smallest absolute Gasteiger partial charge is 0.100 e. The van der Waals surface area contributed by atoms with E-state index in [9.17, 15) is 0 Å². The van der Waals surface area contributed by atoms with E-state index in [4.69, 9.17) is 4.74 Å². The second kappa shape index (κ2) is 3.63. The predicted octanol–water partition coefficient (Wildman–Crippen LogP) is 2.89. The molecule has 1 saturated heterocycles. The molecule has 1 aromatic carbocycles. The molecule has 15 heavy (non-hydrogen) atoms. The molecule has 1 aliphatic heterocycles. The van der Waals surface area contributed by atoms with Crippen LogP contribution in [0.4, 0.5) is 0 Å². The van der Waals surface area contributed by atoms with Crippen molar-refractivity contribution in [3.63, 3.8) is 0 Å². The van der Waals surface area contributed by atoms with Gasteiger partial charge in [0.2, 0.25) is 0 Å². The Hall–Kier alpha value is -1.41. The summed E-state index contributed by atoms with van der Waals surface area (Å²) in [6.07, 6.45) is 4.16. The molecule has 0 spiro atoms. The standard InChI is InChI=1S/C13H12NO/c1-2-5-11-10(4-1)7-8-14-13(11)12-6-3-9-15-12/h1-2,4-5,8,12H,3,6,9H2. The average Bonchev–Trinajstić information content (AvgIpc) is 2.82. The Balaban J connectivity index is 2.16. The van der Waals surface area contributed by atoms with Crippen molar-refractivity contribution in [2.45, 2.75) is 18.9 Å². The van der Waals surface area contributed by atoms with E-state index in [1.807, 2.05) is 12.1 Å². The number of nitrogens with zero attached hydrogens (tertiary/aromatic N) is 1. The lowest BCUT2D eigenvalue weighted by Gasteiger charge is -2.11. The first-order valence-electron chi connectivity index (χ1n) is 5.32. The second-order valence-electron chi connectivity index (χ2n) is 3.84. The van der Waals surface area contributed by atoms with Gasteiger partial charge in [-0.3, -0.25) is 4.98 Å². The van der Waals surface area contributed by atoms with Crippen molar-refractivity contribution in [2.75, 3.05) is 6.61 Å². The Morgan fingerprint density at radius 1 is 1.33 bits per heavy atom. The normalized spacial score (nSPS) is 20.9. The molecule has 1 unspecified atom stereocenters. The third-order valence-corrected chi connectivity index (χ3v) is 2.86. The zero-order chi connectivity index (χ0) is 10.1. The second-order valence-corrected chi connectivity index (χ2v) is 3.84. The summed E-state index contributed by atoms with van der Waals surface area (Å²) in [4.78, 5) is 4.41. The molecule has 0 N–H and O–H groups in total. The maximum absolute atomic E-state index is 5.67. The number of hydrogen-bond donors (Lipinski definition) is 0. The van der Waals surface area contributed by atoms with Crippen LogP contribution in [0, 0.1) is 6.07 Å². The molecule has 2 heterocycles. The molecule has 1 aliphatic rings. The molecule has 1 atom stereocenters. The first-order valence-corrected chi connectivity index (χ1v) is 5.32. The maximum atomic E-state index is 5.67. The number of aromatic nitrogens is 1. The summed E-state index contributed by atoms with van der Waals surface area (Å²) in [5, 5.41) is 2.30. The monoisotopic (exact) mass is 198 g/mol. The van der Waals surface area contributed by atoms with Gasteiger partial charge in [0.15, 0.2) is 0 Å². The molecule has 1 fully saturated rings. The van der Waals surface area contributed by atoms with Crippen LogP contribution in [-0.4, -0.2) is 11.6 Å². The molecular formula is C13H12NO. The summed E-state index contributed by atoms with van der Waals surface area (Å²) >= 11 is 0. The van der Waals surface area contributed by atoms with Crippen molar-refractivity contribution in [1.29, 1.82) is 0 Å². The van der Waals surface area contributed by atoms with E-state index in [0.717, 1.165) is 30.5 Å². The van der Waals surface area contributed by atoms with Crippen LogP contribution in [0.5, 0.6) is 0 Å². The fraction of sp³-hybridized carbons (Fsp3) is 0.308. The van der Waals surface area contributed by atoms with Gasteiger partial charge in [0.1, 0.15) is 6.10 Å². The fourth-order valence-electron chi connectivity index (χ4n) is 2.12. The highest BCUT2D eigenvalue weighted by atomic mass is 16.5. The molecule has 0 bridgehead atoms. The summed E-state index contributed by atoms with van der Waals surface area (Å²) in [6.45, 7) is 0.860. The summed E-state index contributed by atoms with van der Waals surface area (Å²) in [5.41, 5.74) is 1.07. The van der Waals surface area contributed by atoms with Crippen molar-refractivity contribution in [3.8, 4) is 0 Å². The Morgan fingerprint density at radius 3 is 3.13 bits per heavy atom. The third kappa shape index (κ3) is 1.51. The van der Waals surface area contributed by atoms with Crippen LogP contribution < -0.4 is 0 Å². The van der Waals surface area contributed by atoms with Crippen LogP contribution >= 0.6 is 0 Å². The van der Waals surface area contributed by atoms with Crippen molar-refractivity contribution >= 4 is 10.8 Å². The van der Waals surface area contributed by atoms with Crippen molar-refractivity contribution in [1.82, 2.24) is 4.98 Å². The van der Waals surface area contributed by atoms with Gasteiger partial charge >= 0.3 is 0 Å². The van der Waals surface area contributed by atoms with Crippen LogP contribution in [0.15, 0.2) is 30.5 Å². The molecule has 2 heteroatoms. The zero-order valence-electron chi connectivity index (χ0n) is 8.44. The predicted molar refractivity (Wildman–Crippen MR) is 58.5 cm³/mol. The number of pyridine rings is 1. The summed E-state index contributed by atoms with van der Waals surface area (Å²) < 4.78 is 5.67. The topological polar surface area (TPSA) is 22.1 Å². The quantitative estimate of drug-likeness (QED) is 0.703. The molecule has 1 radical (unpaired) electrons. The molecule has 2 nitrogen and oxygen atoms in total. The molecule has 0 saturated carbocycles. The minimum atomic E-state index is 0.185. The zero-order valence-corrected chi connectivity index (χ0v) is 8.44. The van der Waals surface area contributed by atoms with Gasteiger partial charge in [-0.1, -0.05) is 24.3 Å². The number of rotatable bonds is 1. The van der Waals surface area contributed by atoms with Gasteiger partial charge < -0.3 is 4.74 Å². The van der Waals surface area contributed by atoms with E-state index >= 15 is 0 Å². The molecule has 3 rings (SSSR count). The number of fused-ring (bicyclic) bond motifs is 1. The first kappa shape index (κ1) is 8.86. The lowest BCUT2D eigenvalue weighted by molar-refractivity contribution is 0.110. The summed E-state index contributed by atoms with van der Waals surface area (Å²) in [5.74, 6) is 0. The maximum Gasteiger partial charge on any atom is 0.100 e. The van der Waals surface area contributed by atoms with Gasteiger partial charge in [-0.15, -0.1) is 0 Å². The van der Waals surface area contributed by atoms with E-state index in [2.05, 4.69) is 23.2 Å². The Morgan fingerprint density at radius 2 is 2.27 bits per heavy atom. The highest BCUT2D eigenvalue weighted by molar-refractivity contribution is 5.84. The van der Waals surface area contributed by atoms with E-state index in [1.165, 1.54) is 5.39 Å². The van der Waals surface area contributed by atoms with E-state index in [-0.39, 0.29) is 6.10 Å². The average molecular weight is 198 g/mol. The van der Waals surface area contributed by atoms with Crippen molar-refractivity contribution < 1.29 is 4.74 Å². The van der Waals surface area contributed by atoms with Crippen LogP contribution in [0.2, 0.25) is 0 Å². The van der Waals surface area contributed by atoms with Gasteiger partial charge in [-0.05, 0) is 18.2 Å². The lowest BCUT2D eigenvalue weighted by Crippen LogP contribution is -1.99. The number of benzene rings is 1. The van der Waals surface area contributed by atoms with E-state index < -0.39 is 0 Å². The van der Waals surface area contributed by atoms with Crippen molar-refractivity contribution in [2.24, 2.45) is 0 Å². The minimum Gasteiger partial charge on any atom is -0.372 e. The number of ether oxygens (including phenoxy) is 1. The van der Waals surface area contributed by atoms with Gasteiger partial charge in [0.05, 0.1) is 5.69 Å². The highest BCUT2D eigenvalue weighted by Gasteiger charge is 2.20. The molecule has 0 amide bonds. The van der Waals surface area contributed by atoms with Gasteiger partial charge in [-0.2, -0.15) is 0 Å². The SMILES string of the molecule is [c]1cnc(C2CCCO2)c2ccccc12. The summed E-state index contributed by atoms with van der Waals surface area (Å²) in [7, 11) is 0. The Kier molecular flexibility index (Phi) is 2.14. The molecule has 75 valence electrons. The molecule has 1 aromatic heterocycles. The minimum absolute atomic E-state index is 0.185. The molecular weight excluding hydrogens is 186 g/mol. The Labute approximate surface area is 88.9 Å². The van der Waals surface area contributed by atoms with Crippen LogP contribution in [0.25, 0.3) is 10.8 Å². The third-order valence-electron chi connectivity index (χ3n) is 2.86. The van der Waals surface area contributed by atoms with Gasteiger partial charge in [0.25, 0.3) is 0 Å². The van der Waals surface area contributed by atoms with Crippen LogP contribution in [0.3, 0.4) is 0 Å². The van der Waals surface area contributed by atoms with Crippen LogP contribution in [0.1, 0.15) is 24.6 Å². The van der Waals surface area contributed by atoms with Gasteiger partial charge in [0, 0.05) is 24.3 Å². The lowest BCUT2D eigenvalue weighted by atomic mass is 10.1. The molecule has 2 aromatic rings. The van der Waals surface area contributed by atoms with Gasteiger partial charge in [-0.25, -0.2) is 0 Å². The highest BCUT2D eigenvalue weighted by Crippen LogP contribution is 2.31.